The van der Waals surface area contributed by atoms with Crippen LogP contribution in [0.1, 0.15) is 5.69 Å². The Kier molecular flexibility index (Phi) is 5.28. The fraction of sp³-hybridized carbons (Fsp3) is 0.0625. The number of hydrogen-bond acceptors (Lipinski definition) is 5. The van der Waals surface area contributed by atoms with Gasteiger partial charge >= 0.3 is 11.9 Å². The lowest BCUT2D eigenvalue weighted by atomic mass is 10.2. The first-order valence-corrected chi connectivity index (χ1v) is 8.26. The summed E-state index contributed by atoms with van der Waals surface area (Å²) in [5.74, 6) is 3.68. The molecule has 13 heteroatoms. The number of alkyl halides is 3. The van der Waals surface area contributed by atoms with Gasteiger partial charge in [-0.25, -0.2) is 23.4 Å². The fourth-order valence-corrected chi connectivity index (χ4v) is 2.67. The van der Waals surface area contributed by atoms with Crippen LogP contribution in [-0.2, 0) is 6.18 Å². The molecule has 3 rings (SSSR count). The number of nitrogens with zero attached hydrogens (tertiary/aromatic N) is 3. The molecule has 0 unspecified atom stereocenters. The van der Waals surface area contributed by atoms with Gasteiger partial charge in [0.15, 0.2) is 5.69 Å². The quantitative estimate of drug-likeness (QED) is 0.375. The third-order valence-corrected chi connectivity index (χ3v) is 4.08. The molecular formula is C16H8Cl2F4N4O3. The molecule has 0 atom stereocenters. The highest BCUT2D eigenvalue weighted by Crippen LogP contribution is 2.32. The second-order valence-electron chi connectivity index (χ2n) is 5.49. The first-order chi connectivity index (χ1) is 13.5. The van der Waals surface area contributed by atoms with E-state index in [0.29, 0.717) is 6.07 Å². The third-order valence-electron chi connectivity index (χ3n) is 3.57. The second kappa shape index (κ2) is 7.41. The van der Waals surface area contributed by atoms with Crippen LogP contribution in [0.2, 0.25) is 10.2 Å². The third kappa shape index (κ3) is 4.05. The highest BCUT2D eigenvalue weighted by atomic mass is 35.5. The molecular weight excluding hydrogens is 443 g/mol. The first-order valence-electron chi connectivity index (χ1n) is 7.50. The number of nitrogen functional groups attached to an aromatic ring is 1. The van der Waals surface area contributed by atoms with E-state index in [1.807, 2.05) is 0 Å². The normalized spacial score (nSPS) is 11.5. The summed E-state index contributed by atoms with van der Waals surface area (Å²) in [5.41, 5.74) is -5.51. The van der Waals surface area contributed by atoms with Crippen molar-refractivity contribution in [2.75, 3.05) is 5.84 Å². The van der Waals surface area contributed by atoms with Crippen LogP contribution in [0.25, 0.3) is 5.69 Å². The molecule has 2 heterocycles. The number of rotatable bonds is 3. The summed E-state index contributed by atoms with van der Waals surface area (Å²) in [6, 6.07) is 5.96. The molecule has 152 valence electrons. The summed E-state index contributed by atoms with van der Waals surface area (Å²) in [6.45, 7) is 0. The van der Waals surface area contributed by atoms with Crippen LogP contribution < -0.4 is 21.8 Å². The molecule has 7 nitrogen and oxygen atoms in total. The summed E-state index contributed by atoms with van der Waals surface area (Å²) in [5, 5.41) is -0.188. The Bertz CT molecular complexity index is 1220. The Hall–Kier alpha value is -3.05. The van der Waals surface area contributed by atoms with E-state index < -0.39 is 34.6 Å². The SMILES string of the molecule is Nn1c(C(F)(F)F)cc(=O)n(-c2cc(Oc3cccc(Cl)n3)c(Cl)cc2F)c1=O. The van der Waals surface area contributed by atoms with Gasteiger partial charge in [0.2, 0.25) is 5.88 Å². The molecule has 0 saturated heterocycles. The molecule has 1 aromatic carbocycles. The van der Waals surface area contributed by atoms with Crippen molar-refractivity contribution in [1.82, 2.24) is 14.2 Å². The summed E-state index contributed by atoms with van der Waals surface area (Å²) in [4.78, 5) is 28.2. The molecule has 0 aliphatic carbocycles. The van der Waals surface area contributed by atoms with Crippen molar-refractivity contribution in [3.05, 3.63) is 78.9 Å². The molecule has 2 N–H and O–H groups in total. The maximum absolute atomic E-state index is 14.4. The van der Waals surface area contributed by atoms with Crippen molar-refractivity contribution in [3.63, 3.8) is 0 Å². The van der Waals surface area contributed by atoms with Gasteiger partial charge in [0.1, 0.15) is 16.7 Å². The zero-order chi connectivity index (χ0) is 21.5. The minimum absolute atomic E-state index is 0.0482. The van der Waals surface area contributed by atoms with E-state index in [4.69, 9.17) is 33.8 Å². The average Bonchev–Trinajstić information content (AvgIpc) is 2.61. The van der Waals surface area contributed by atoms with E-state index >= 15 is 0 Å². The topological polar surface area (TPSA) is 92.1 Å². The zero-order valence-electron chi connectivity index (χ0n) is 13.9. The van der Waals surface area contributed by atoms with Crippen LogP contribution >= 0.6 is 23.2 Å². The van der Waals surface area contributed by atoms with Gasteiger partial charge in [-0.2, -0.15) is 13.2 Å². The molecule has 2 aromatic heterocycles. The van der Waals surface area contributed by atoms with Crippen LogP contribution in [0.4, 0.5) is 17.6 Å². The smallest absolute Gasteiger partial charge is 0.433 e. The zero-order valence-corrected chi connectivity index (χ0v) is 15.4. The predicted molar refractivity (Wildman–Crippen MR) is 95.7 cm³/mol. The van der Waals surface area contributed by atoms with Gasteiger partial charge in [0, 0.05) is 18.2 Å². The van der Waals surface area contributed by atoms with Gasteiger partial charge in [0.05, 0.1) is 10.7 Å². The fourth-order valence-electron chi connectivity index (χ4n) is 2.32. The Balaban J connectivity index is 2.19. The first kappa shape index (κ1) is 20.7. The summed E-state index contributed by atoms with van der Waals surface area (Å²) in [6.07, 6.45) is -5.07. The number of aromatic nitrogens is 3. The monoisotopic (exact) mass is 450 g/mol. The van der Waals surface area contributed by atoms with Crippen LogP contribution in [0.3, 0.4) is 0 Å². The van der Waals surface area contributed by atoms with Gasteiger partial charge in [-0.15, -0.1) is 0 Å². The van der Waals surface area contributed by atoms with E-state index in [1.54, 1.807) is 0 Å². The summed E-state index contributed by atoms with van der Waals surface area (Å²) < 4.78 is 58.3. The van der Waals surface area contributed by atoms with Gasteiger partial charge in [-0.1, -0.05) is 29.3 Å². The Morgan fingerprint density at radius 3 is 2.41 bits per heavy atom. The van der Waals surface area contributed by atoms with Gasteiger partial charge in [-0.3, -0.25) is 4.79 Å². The number of ether oxygens (including phenoxy) is 1. The highest BCUT2D eigenvalue weighted by molar-refractivity contribution is 6.32. The van der Waals surface area contributed by atoms with E-state index in [-0.39, 0.29) is 37.1 Å². The largest absolute Gasteiger partial charge is 0.437 e. The van der Waals surface area contributed by atoms with Crippen molar-refractivity contribution < 1.29 is 22.3 Å². The maximum Gasteiger partial charge on any atom is 0.433 e. The van der Waals surface area contributed by atoms with Crippen LogP contribution in [0.5, 0.6) is 11.6 Å². The van der Waals surface area contributed by atoms with Gasteiger partial charge in [-0.05, 0) is 12.1 Å². The van der Waals surface area contributed by atoms with Gasteiger partial charge in [0.25, 0.3) is 5.56 Å². The van der Waals surface area contributed by atoms with Crippen molar-refractivity contribution in [2.24, 2.45) is 0 Å². The molecule has 0 spiro atoms. The molecule has 0 amide bonds. The highest BCUT2D eigenvalue weighted by Gasteiger charge is 2.36. The second-order valence-corrected chi connectivity index (χ2v) is 6.28. The van der Waals surface area contributed by atoms with E-state index in [1.165, 1.54) is 18.2 Å². The molecule has 0 bridgehead atoms. The molecule has 3 aromatic rings. The lowest BCUT2D eigenvalue weighted by Gasteiger charge is -2.15. The Labute approximate surface area is 168 Å². The predicted octanol–water partition coefficient (Wildman–Crippen LogP) is 3.37. The van der Waals surface area contributed by atoms with E-state index in [2.05, 4.69) is 4.98 Å². The maximum atomic E-state index is 14.4. The lowest BCUT2D eigenvalue weighted by molar-refractivity contribution is -0.143. The number of benzene rings is 1. The van der Waals surface area contributed by atoms with Crippen molar-refractivity contribution in [3.8, 4) is 17.3 Å². The average molecular weight is 451 g/mol. The number of halogens is 6. The summed E-state index contributed by atoms with van der Waals surface area (Å²) >= 11 is 11.6. The van der Waals surface area contributed by atoms with Crippen LogP contribution in [-0.4, -0.2) is 14.2 Å². The molecule has 29 heavy (non-hydrogen) atoms. The molecule has 0 fully saturated rings. The molecule has 0 aliphatic heterocycles. The minimum Gasteiger partial charge on any atom is -0.437 e. The van der Waals surface area contributed by atoms with E-state index in [0.717, 1.165) is 6.07 Å². The lowest BCUT2D eigenvalue weighted by Crippen LogP contribution is -2.45. The molecule has 0 radical (unpaired) electrons. The standard InChI is InChI=1S/C16H8Cl2F4N4O3/c17-7-4-8(19)9(5-10(7)29-13-3-1-2-12(18)24-13)25-14(27)6-11(16(20,21)22)26(23)15(25)28/h1-6H,23H2. The summed E-state index contributed by atoms with van der Waals surface area (Å²) in [7, 11) is 0. The van der Waals surface area contributed by atoms with Crippen LogP contribution in [0, 0.1) is 5.82 Å². The van der Waals surface area contributed by atoms with Crippen molar-refractivity contribution in [2.45, 2.75) is 6.18 Å². The van der Waals surface area contributed by atoms with Gasteiger partial charge < -0.3 is 10.6 Å². The van der Waals surface area contributed by atoms with E-state index in [9.17, 15) is 27.2 Å². The molecule has 0 saturated carbocycles. The Morgan fingerprint density at radius 2 is 1.79 bits per heavy atom. The van der Waals surface area contributed by atoms with Crippen molar-refractivity contribution >= 4 is 23.2 Å². The Morgan fingerprint density at radius 1 is 1.10 bits per heavy atom. The van der Waals surface area contributed by atoms with Crippen LogP contribution in [0.15, 0.2) is 46.0 Å². The molecule has 0 aliphatic rings. The number of pyridine rings is 1. The number of nitrogens with two attached hydrogens (primary N) is 1. The number of hydrogen-bond donors (Lipinski definition) is 1. The van der Waals surface area contributed by atoms with Crippen molar-refractivity contribution in [1.29, 1.82) is 0 Å². The minimum atomic E-state index is -5.07.